The second-order valence-electron chi connectivity index (χ2n) is 3.11. The molecular weight excluding hydrogens is 304 g/mol. The van der Waals surface area contributed by atoms with Gasteiger partial charge < -0.3 is 5.32 Å². The molecule has 2 aromatic heterocycles. The average molecular weight is 313 g/mol. The van der Waals surface area contributed by atoms with Gasteiger partial charge in [0.25, 0.3) is 0 Å². The number of rotatable bonds is 3. The van der Waals surface area contributed by atoms with E-state index in [4.69, 9.17) is 0 Å². The highest BCUT2D eigenvalue weighted by Crippen LogP contribution is 2.08. The van der Waals surface area contributed by atoms with Crippen LogP contribution in [0.3, 0.4) is 0 Å². The third-order valence-electron chi connectivity index (χ3n) is 1.85. The fourth-order valence-electron chi connectivity index (χ4n) is 1.10. The predicted octanol–water partition coefficient (Wildman–Crippen LogP) is 2.62. The number of aromatic nitrogens is 2. The lowest BCUT2D eigenvalue weighted by molar-refractivity contribution is 0.251. The number of carbonyl (C=O) groups excluding carboxylic acids is 1. The van der Waals surface area contributed by atoms with Gasteiger partial charge in [0.1, 0.15) is 0 Å². The molecule has 17 heavy (non-hydrogen) atoms. The van der Waals surface area contributed by atoms with E-state index < -0.39 is 0 Å². The maximum Gasteiger partial charge on any atom is 0.321 e. The maximum atomic E-state index is 11.5. The van der Waals surface area contributed by atoms with Crippen LogP contribution in [-0.4, -0.2) is 16.0 Å². The minimum atomic E-state index is -0.319. The molecule has 0 aliphatic heterocycles. The summed E-state index contributed by atoms with van der Waals surface area (Å²) in [5.41, 5.74) is 0. The summed E-state index contributed by atoms with van der Waals surface area (Å²) in [6.07, 6.45) is 3.14. The van der Waals surface area contributed by atoms with Crippen LogP contribution in [0.25, 0.3) is 0 Å². The second-order valence-corrected chi connectivity index (χ2v) is 5.06. The molecule has 0 fully saturated rings. The molecule has 0 unspecified atom stereocenters. The van der Waals surface area contributed by atoms with Crippen LogP contribution in [0.1, 0.15) is 4.88 Å². The molecule has 2 N–H and O–H groups in total. The maximum absolute atomic E-state index is 11.5. The van der Waals surface area contributed by atoms with Crippen LogP contribution < -0.4 is 10.6 Å². The standard InChI is InChI=1S/C10H9BrN4OS/c11-7-4-12-9(13-5-7)15-10(16)14-6-8-2-1-3-17-8/h1-5H,6H2,(H2,12,13,14,15,16). The molecule has 0 saturated carbocycles. The number of amides is 2. The van der Waals surface area contributed by atoms with Gasteiger partial charge in [-0.15, -0.1) is 11.3 Å². The van der Waals surface area contributed by atoms with Gasteiger partial charge in [-0.3, -0.25) is 5.32 Å². The Balaban J connectivity index is 1.83. The summed E-state index contributed by atoms with van der Waals surface area (Å²) in [5, 5.41) is 7.22. The summed E-state index contributed by atoms with van der Waals surface area (Å²) >= 11 is 4.81. The van der Waals surface area contributed by atoms with Crippen molar-refractivity contribution >= 4 is 39.2 Å². The largest absolute Gasteiger partial charge is 0.333 e. The van der Waals surface area contributed by atoms with Gasteiger partial charge in [-0.25, -0.2) is 14.8 Å². The Bertz CT molecular complexity index is 486. The Morgan fingerprint density at radius 3 is 2.82 bits per heavy atom. The lowest BCUT2D eigenvalue weighted by Crippen LogP contribution is -2.28. The monoisotopic (exact) mass is 312 g/mol. The lowest BCUT2D eigenvalue weighted by Gasteiger charge is -2.04. The van der Waals surface area contributed by atoms with E-state index in [9.17, 15) is 4.79 Å². The average Bonchev–Trinajstić information content (AvgIpc) is 2.83. The minimum Gasteiger partial charge on any atom is -0.333 e. The molecule has 0 radical (unpaired) electrons. The highest BCUT2D eigenvalue weighted by atomic mass is 79.9. The SMILES string of the molecule is O=C(NCc1cccs1)Nc1ncc(Br)cn1. The van der Waals surface area contributed by atoms with Crippen molar-refractivity contribution in [2.45, 2.75) is 6.54 Å². The van der Waals surface area contributed by atoms with Gasteiger partial charge in [-0.2, -0.15) is 0 Å². The molecule has 2 aromatic rings. The van der Waals surface area contributed by atoms with Crippen LogP contribution in [0, 0.1) is 0 Å². The first-order valence-corrected chi connectivity index (χ1v) is 6.46. The van der Waals surface area contributed by atoms with E-state index in [0.29, 0.717) is 6.54 Å². The van der Waals surface area contributed by atoms with Crippen LogP contribution in [0.15, 0.2) is 34.4 Å². The Morgan fingerprint density at radius 2 is 2.18 bits per heavy atom. The van der Waals surface area contributed by atoms with Gasteiger partial charge in [0.05, 0.1) is 11.0 Å². The van der Waals surface area contributed by atoms with Gasteiger partial charge in [0, 0.05) is 17.3 Å². The first kappa shape index (κ1) is 12.0. The van der Waals surface area contributed by atoms with Crippen molar-refractivity contribution < 1.29 is 4.79 Å². The zero-order chi connectivity index (χ0) is 12.1. The van der Waals surface area contributed by atoms with Crippen molar-refractivity contribution in [1.29, 1.82) is 0 Å². The van der Waals surface area contributed by atoms with E-state index >= 15 is 0 Å². The first-order valence-electron chi connectivity index (χ1n) is 4.79. The molecule has 2 amide bonds. The fraction of sp³-hybridized carbons (Fsp3) is 0.100. The second kappa shape index (κ2) is 5.74. The van der Waals surface area contributed by atoms with Gasteiger partial charge >= 0.3 is 6.03 Å². The van der Waals surface area contributed by atoms with Crippen LogP contribution in [-0.2, 0) is 6.54 Å². The van der Waals surface area contributed by atoms with Crippen LogP contribution in [0.5, 0.6) is 0 Å². The third-order valence-corrected chi connectivity index (χ3v) is 3.13. The van der Waals surface area contributed by atoms with E-state index in [1.54, 1.807) is 23.7 Å². The number of nitrogens with one attached hydrogen (secondary N) is 2. The predicted molar refractivity (Wildman–Crippen MR) is 69.9 cm³/mol. The Morgan fingerprint density at radius 1 is 1.41 bits per heavy atom. The van der Waals surface area contributed by atoms with Gasteiger partial charge in [0.15, 0.2) is 0 Å². The van der Waals surface area contributed by atoms with E-state index in [-0.39, 0.29) is 12.0 Å². The van der Waals surface area contributed by atoms with Gasteiger partial charge in [0.2, 0.25) is 5.95 Å². The highest BCUT2D eigenvalue weighted by molar-refractivity contribution is 9.10. The molecule has 0 aliphatic carbocycles. The molecule has 0 saturated heterocycles. The molecule has 0 atom stereocenters. The molecule has 0 aliphatic rings. The van der Waals surface area contributed by atoms with E-state index in [0.717, 1.165) is 9.35 Å². The zero-order valence-corrected chi connectivity index (χ0v) is 11.1. The van der Waals surface area contributed by atoms with E-state index in [1.165, 1.54) is 0 Å². The summed E-state index contributed by atoms with van der Waals surface area (Å²) in [6.45, 7) is 0.500. The summed E-state index contributed by atoms with van der Waals surface area (Å²) in [6, 6.07) is 3.58. The van der Waals surface area contributed by atoms with Crippen molar-refractivity contribution in [3.63, 3.8) is 0 Å². The van der Waals surface area contributed by atoms with Crippen LogP contribution in [0.2, 0.25) is 0 Å². The molecule has 0 bridgehead atoms. The summed E-state index contributed by atoms with van der Waals surface area (Å²) in [7, 11) is 0. The van der Waals surface area contributed by atoms with Gasteiger partial charge in [-0.05, 0) is 27.4 Å². The Hall–Kier alpha value is -1.47. The molecule has 5 nitrogen and oxygen atoms in total. The van der Waals surface area contributed by atoms with Gasteiger partial charge in [-0.1, -0.05) is 6.07 Å². The summed E-state index contributed by atoms with van der Waals surface area (Å²) < 4.78 is 0.766. The van der Waals surface area contributed by atoms with Crippen molar-refractivity contribution in [2.75, 3.05) is 5.32 Å². The molecule has 88 valence electrons. The molecule has 0 aromatic carbocycles. The topological polar surface area (TPSA) is 66.9 Å². The van der Waals surface area contributed by atoms with E-state index in [1.807, 2.05) is 17.5 Å². The minimum absolute atomic E-state index is 0.275. The number of hydrogen-bond acceptors (Lipinski definition) is 4. The van der Waals surface area contributed by atoms with Crippen LogP contribution >= 0.6 is 27.3 Å². The molecule has 7 heteroatoms. The molecule has 0 spiro atoms. The normalized spacial score (nSPS) is 9.94. The smallest absolute Gasteiger partial charge is 0.321 e. The number of thiophene rings is 1. The zero-order valence-electron chi connectivity index (χ0n) is 8.68. The number of halogens is 1. The summed E-state index contributed by atoms with van der Waals surface area (Å²) in [5.74, 6) is 0.275. The molecule has 2 heterocycles. The molecular formula is C10H9BrN4OS. The van der Waals surface area contributed by atoms with Crippen molar-refractivity contribution in [2.24, 2.45) is 0 Å². The Kier molecular flexibility index (Phi) is 4.05. The number of nitrogens with zero attached hydrogens (tertiary/aromatic N) is 2. The number of anilines is 1. The number of urea groups is 1. The van der Waals surface area contributed by atoms with Crippen molar-refractivity contribution in [1.82, 2.24) is 15.3 Å². The number of carbonyl (C=O) groups is 1. The quantitative estimate of drug-likeness (QED) is 0.915. The highest BCUT2D eigenvalue weighted by Gasteiger charge is 2.03. The fourth-order valence-corrected chi connectivity index (χ4v) is 1.95. The third kappa shape index (κ3) is 3.79. The van der Waals surface area contributed by atoms with Crippen LogP contribution in [0.4, 0.5) is 10.7 Å². The first-order chi connectivity index (χ1) is 8.24. The summed E-state index contributed by atoms with van der Waals surface area (Å²) in [4.78, 5) is 20.4. The van der Waals surface area contributed by atoms with Crippen molar-refractivity contribution in [3.8, 4) is 0 Å². The Labute approximate surface area is 110 Å². The van der Waals surface area contributed by atoms with Crippen molar-refractivity contribution in [3.05, 3.63) is 39.3 Å². The molecule has 2 rings (SSSR count). The van der Waals surface area contributed by atoms with E-state index in [2.05, 4.69) is 36.5 Å². The lowest BCUT2D eigenvalue weighted by atomic mass is 10.5. The number of hydrogen-bond donors (Lipinski definition) is 2.